The Morgan fingerprint density at radius 1 is 0.636 bits per heavy atom. The van der Waals surface area contributed by atoms with Gasteiger partial charge in [0, 0.05) is 13.5 Å². The zero-order valence-electron chi connectivity index (χ0n) is 15.2. The molecule has 2 N–H and O–H groups in total. The molecule has 0 aliphatic heterocycles. The molecule has 132 valence electrons. The maximum atomic E-state index is 11.2. The fourth-order valence-electron chi connectivity index (χ4n) is 2.86. The van der Waals surface area contributed by atoms with Crippen molar-refractivity contribution in [3.63, 3.8) is 0 Å². The summed E-state index contributed by atoms with van der Waals surface area (Å²) in [5.74, 6) is 0.109. The van der Waals surface area contributed by atoms with Crippen molar-refractivity contribution in [1.29, 1.82) is 0 Å². The quantitative estimate of drug-likeness (QED) is 0.275. The predicted molar refractivity (Wildman–Crippen MR) is 96.7 cm³/mol. The van der Waals surface area contributed by atoms with E-state index in [1.165, 1.54) is 89.9 Å². The SMILES string of the molecule is CCCCCCCCCCCCCCCCCC(=O)NNC. The number of rotatable bonds is 17. The van der Waals surface area contributed by atoms with Gasteiger partial charge in [-0.05, 0) is 6.42 Å². The van der Waals surface area contributed by atoms with Gasteiger partial charge in [0.25, 0.3) is 0 Å². The van der Waals surface area contributed by atoms with Crippen molar-refractivity contribution in [2.45, 2.75) is 110 Å². The van der Waals surface area contributed by atoms with Gasteiger partial charge in [0.2, 0.25) is 5.91 Å². The van der Waals surface area contributed by atoms with E-state index in [2.05, 4.69) is 17.8 Å². The van der Waals surface area contributed by atoms with Crippen molar-refractivity contribution in [2.75, 3.05) is 7.05 Å². The highest BCUT2D eigenvalue weighted by molar-refractivity contribution is 5.75. The molecule has 0 unspecified atom stereocenters. The van der Waals surface area contributed by atoms with E-state index in [1.807, 2.05) is 0 Å². The van der Waals surface area contributed by atoms with Gasteiger partial charge < -0.3 is 0 Å². The molecule has 0 saturated heterocycles. The van der Waals surface area contributed by atoms with E-state index in [9.17, 15) is 4.79 Å². The van der Waals surface area contributed by atoms with Gasteiger partial charge in [-0.2, -0.15) is 0 Å². The lowest BCUT2D eigenvalue weighted by Crippen LogP contribution is -2.33. The monoisotopic (exact) mass is 312 g/mol. The van der Waals surface area contributed by atoms with Gasteiger partial charge in [0.15, 0.2) is 0 Å². The normalized spacial score (nSPS) is 10.8. The van der Waals surface area contributed by atoms with Gasteiger partial charge in [-0.25, -0.2) is 5.43 Å². The molecule has 0 bridgehead atoms. The van der Waals surface area contributed by atoms with E-state index in [0.717, 1.165) is 6.42 Å². The Labute approximate surface area is 139 Å². The second-order valence-corrected chi connectivity index (χ2v) is 6.50. The molecule has 1 amide bonds. The van der Waals surface area contributed by atoms with Crippen molar-refractivity contribution in [1.82, 2.24) is 10.9 Å². The summed E-state index contributed by atoms with van der Waals surface area (Å²) < 4.78 is 0. The predicted octanol–water partition coefficient (Wildman–Crippen LogP) is 5.50. The van der Waals surface area contributed by atoms with Crippen LogP contribution in [0.25, 0.3) is 0 Å². The number of hydrogen-bond acceptors (Lipinski definition) is 2. The average Bonchev–Trinajstić information content (AvgIpc) is 2.51. The molecule has 0 radical (unpaired) electrons. The lowest BCUT2D eigenvalue weighted by Gasteiger charge is -2.04. The van der Waals surface area contributed by atoms with Crippen LogP contribution in [0.5, 0.6) is 0 Å². The van der Waals surface area contributed by atoms with Crippen LogP contribution in [-0.4, -0.2) is 13.0 Å². The summed E-state index contributed by atoms with van der Waals surface area (Å²) >= 11 is 0. The van der Waals surface area contributed by atoms with E-state index in [1.54, 1.807) is 7.05 Å². The molecule has 3 heteroatoms. The summed E-state index contributed by atoms with van der Waals surface area (Å²) in [7, 11) is 1.73. The fourth-order valence-corrected chi connectivity index (χ4v) is 2.86. The minimum Gasteiger partial charge on any atom is -0.292 e. The highest BCUT2D eigenvalue weighted by Crippen LogP contribution is 2.13. The molecule has 22 heavy (non-hydrogen) atoms. The Bertz CT molecular complexity index is 231. The van der Waals surface area contributed by atoms with Gasteiger partial charge in [0.05, 0.1) is 0 Å². The summed E-state index contributed by atoms with van der Waals surface area (Å²) in [4.78, 5) is 11.2. The van der Waals surface area contributed by atoms with Crippen LogP contribution in [-0.2, 0) is 4.79 Å². The molecule has 0 rings (SSSR count). The lowest BCUT2D eigenvalue weighted by atomic mass is 10.0. The van der Waals surface area contributed by atoms with Gasteiger partial charge >= 0.3 is 0 Å². The van der Waals surface area contributed by atoms with Crippen molar-refractivity contribution < 1.29 is 4.79 Å². The second-order valence-electron chi connectivity index (χ2n) is 6.50. The Morgan fingerprint density at radius 3 is 1.36 bits per heavy atom. The van der Waals surface area contributed by atoms with Crippen LogP contribution in [0.3, 0.4) is 0 Å². The first-order chi connectivity index (χ1) is 10.8. The molecular formula is C19H40N2O. The molecular weight excluding hydrogens is 272 g/mol. The largest absolute Gasteiger partial charge is 0.292 e. The van der Waals surface area contributed by atoms with Crippen LogP contribution >= 0.6 is 0 Å². The molecule has 0 atom stereocenters. The van der Waals surface area contributed by atoms with E-state index in [4.69, 9.17) is 0 Å². The third-order valence-corrected chi connectivity index (χ3v) is 4.27. The van der Waals surface area contributed by atoms with Gasteiger partial charge in [-0.3, -0.25) is 10.2 Å². The first-order valence-electron chi connectivity index (χ1n) is 9.76. The van der Waals surface area contributed by atoms with E-state index < -0.39 is 0 Å². The number of hydrazine groups is 1. The van der Waals surface area contributed by atoms with Crippen molar-refractivity contribution in [2.24, 2.45) is 0 Å². The summed E-state index contributed by atoms with van der Waals surface area (Å²) in [6, 6.07) is 0. The molecule has 0 heterocycles. The second kappa shape index (κ2) is 18.5. The van der Waals surface area contributed by atoms with Crippen LogP contribution in [0, 0.1) is 0 Å². The minimum atomic E-state index is 0.109. The van der Waals surface area contributed by atoms with Crippen LogP contribution in [0.15, 0.2) is 0 Å². The van der Waals surface area contributed by atoms with Crippen molar-refractivity contribution >= 4 is 5.91 Å². The molecule has 0 fully saturated rings. The van der Waals surface area contributed by atoms with Gasteiger partial charge in [0.1, 0.15) is 0 Å². The number of unbranched alkanes of at least 4 members (excludes halogenated alkanes) is 14. The lowest BCUT2D eigenvalue weighted by molar-refractivity contribution is -0.122. The molecule has 0 saturated carbocycles. The highest BCUT2D eigenvalue weighted by Gasteiger charge is 1.98. The maximum Gasteiger partial charge on any atom is 0.234 e. The standard InChI is InChI=1S/C19H40N2O/c1-3-4-5-6-7-8-9-10-11-12-13-14-15-16-17-18-19(22)21-20-2/h20H,3-18H2,1-2H3,(H,21,22). The topological polar surface area (TPSA) is 41.1 Å². The zero-order valence-corrected chi connectivity index (χ0v) is 15.2. The molecule has 0 aromatic heterocycles. The summed E-state index contributed by atoms with van der Waals surface area (Å²) in [5, 5.41) is 0. The number of carbonyl (C=O) groups is 1. The number of carbonyl (C=O) groups excluding carboxylic acids is 1. The Morgan fingerprint density at radius 2 is 1.00 bits per heavy atom. The summed E-state index contributed by atoms with van der Waals surface area (Å²) in [6.07, 6.45) is 21.1. The molecule has 0 aliphatic carbocycles. The van der Waals surface area contributed by atoms with Crippen LogP contribution in [0.1, 0.15) is 110 Å². The number of nitrogens with one attached hydrogen (secondary N) is 2. The van der Waals surface area contributed by atoms with Crippen molar-refractivity contribution in [3.05, 3.63) is 0 Å². The Balaban J connectivity index is 3.01. The summed E-state index contributed by atoms with van der Waals surface area (Å²) in [5.41, 5.74) is 5.28. The average molecular weight is 313 g/mol. The molecule has 0 aromatic carbocycles. The minimum absolute atomic E-state index is 0.109. The third-order valence-electron chi connectivity index (χ3n) is 4.27. The molecule has 0 spiro atoms. The Hall–Kier alpha value is -0.570. The van der Waals surface area contributed by atoms with Crippen LogP contribution < -0.4 is 10.9 Å². The van der Waals surface area contributed by atoms with Gasteiger partial charge in [-0.15, -0.1) is 0 Å². The first-order valence-corrected chi connectivity index (χ1v) is 9.76. The third kappa shape index (κ3) is 17.5. The first kappa shape index (κ1) is 21.4. The summed E-state index contributed by atoms with van der Waals surface area (Å²) in [6.45, 7) is 2.28. The smallest absolute Gasteiger partial charge is 0.234 e. The molecule has 0 aliphatic rings. The van der Waals surface area contributed by atoms with E-state index in [-0.39, 0.29) is 5.91 Å². The van der Waals surface area contributed by atoms with Crippen molar-refractivity contribution in [3.8, 4) is 0 Å². The highest BCUT2D eigenvalue weighted by atomic mass is 16.2. The fraction of sp³-hybridized carbons (Fsp3) is 0.947. The van der Waals surface area contributed by atoms with Crippen LogP contribution in [0.2, 0.25) is 0 Å². The van der Waals surface area contributed by atoms with Gasteiger partial charge in [-0.1, -0.05) is 96.8 Å². The van der Waals surface area contributed by atoms with E-state index >= 15 is 0 Å². The zero-order chi connectivity index (χ0) is 16.3. The molecule has 0 aromatic rings. The van der Waals surface area contributed by atoms with E-state index in [0.29, 0.717) is 6.42 Å². The van der Waals surface area contributed by atoms with Crippen LogP contribution in [0.4, 0.5) is 0 Å². The Kier molecular flexibility index (Phi) is 18.0. The number of hydrogen-bond donors (Lipinski definition) is 2. The number of amides is 1. The maximum absolute atomic E-state index is 11.2. The molecule has 3 nitrogen and oxygen atoms in total.